The lowest BCUT2D eigenvalue weighted by Crippen LogP contribution is -2.27. The van der Waals surface area contributed by atoms with Gasteiger partial charge in [-0.3, -0.25) is 4.79 Å². The second-order valence-electron chi connectivity index (χ2n) is 6.49. The Hall–Kier alpha value is -2.49. The van der Waals surface area contributed by atoms with Crippen molar-refractivity contribution in [3.05, 3.63) is 59.2 Å². The summed E-state index contributed by atoms with van der Waals surface area (Å²) in [6, 6.07) is 13.5. The first-order chi connectivity index (χ1) is 12.1. The van der Waals surface area contributed by atoms with Crippen molar-refractivity contribution in [1.82, 2.24) is 4.90 Å². The summed E-state index contributed by atoms with van der Waals surface area (Å²) in [5.41, 5.74) is 3.02. The first-order valence-corrected chi connectivity index (χ1v) is 8.86. The fraction of sp³-hybridized carbons (Fsp3) is 0.381. The Morgan fingerprint density at radius 2 is 1.64 bits per heavy atom. The molecule has 0 radical (unpaired) electrons. The number of carbonyl (C=O) groups excluding carboxylic acids is 1. The third kappa shape index (κ3) is 4.53. The summed E-state index contributed by atoms with van der Waals surface area (Å²) in [5, 5.41) is 0. The van der Waals surface area contributed by atoms with E-state index in [2.05, 4.69) is 12.1 Å². The number of benzene rings is 2. The van der Waals surface area contributed by atoms with Crippen LogP contribution in [0.15, 0.2) is 42.5 Å². The minimum absolute atomic E-state index is 0.113. The lowest BCUT2D eigenvalue weighted by atomic mass is 10.1. The maximum Gasteiger partial charge on any atom is 0.253 e. The van der Waals surface area contributed by atoms with Crippen LogP contribution in [0.1, 0.15) is 34.3 Å². The average molecular weight is 339 g/mol. The van der Waals surface area contributed by atoms with Gasteiger partial charge in [0.15, 0.2) is 0 Å². The van der Waals surface area contributed by atoms with Gasteiger partial charge < -0.3 is 14.4 Å². The van der Waals surface area contributed by atoms with Crippen molar-refractivity contribution < 1.29 is 14.3 Å². The van der Waals surface area contributed by atoms with E-state index in [1.807, 2.05) is 49.1 Å². The molecule has 2 aromatic carbocycles. The highest BCUT2D eigenvalue weighted by molar-refractivity contribution is 5.94. The van der Waals surface area contributed by atoms with E-state index in [1.165, 1.54) is 5.56 Å². The summed E-state index contributed by atoms with van der Waals surface area (Å²) in [6.07, 6.45) is 2.21. The number of amides is 1. The summed E-state index contributed by atoms with van der Waals surface area (Å²) >= 11 is 0. The Kier molecular flexibility index (Phi) is 5.59. The molecule has 0 aromatic heterocycles. The molecular weight excluding hydrogens is 314 g/mol. The molecule has 1 aliphatic rings. The fourth-order valence-electron chi connectivity index (χ4n) is 2.97. The molecule has 0 atom stereocenters. The molecule has 2 aromatic rings. The zero-order valence-corrected chi connectivity index (χ0v) is 15.0. The number of ether oxygens (including phenoxy) is 2. The standard InChI is InChI=1S/C21H25NO3/c1-16-5-6-17(2)20(15-16)25-14-13-24-19-9-7-18(8-10-19)21(23)22-11-3-4-12-22/h5-10,15H,3-4,11-14H2,1-2H3. The molecule has 1 saturated heterocycles. The number of hydrogen-bond donors (Lipinski definition) is 0. The predicted octanol–water partition coefficient (Wildman–Crippen LogP) is 4.00. The van der Waals surface area contributed by atoms with E-state index in [9.17, 15) is 4.79 Å². The normalized spacial score (nSPS) is 13.8. The third-order valence-electron chi connectivity index (χ3n) is 4.45. The van der Waals surface area contributed by atoms with E-state index in [4.69, 9.17) is 9.47 Å². The Labute approximate surface area is 149 Å². The lowest BCUT2D eigenvalue weighted by molar-refractivity contribution is 0.0793. The van der Waals surface area contributed by atoms with Gasteiger partial charge in [0.1, 0.15) is 24.7 Å². The van der Waals surface area contributed by atoms with Gasteiger partial charge >= 0.3 is 0 Å². The van der Waals surface area contributed by atoms with Crippen LogP contribution in [-0.2, 0) is 0 Å². The van der Waals surface area contributed by atoms with Crippen molar-refractivity contribution in [2.45, 2.75) is 26.7 Å². The van der Waals surface area contributed by atoms with Gasteiger partial charge in [-0.05, 0) is 68.1 Å². The van der Waals surface area contributed by atoms with Crippen LogP contribution in [0.25, 0.3) is 0 Å². The Morgan fingerprint density at radius 3 is 2.36 bits per heavy atom. The van der Waals surface area contributed by atoms with E-state index in [-0.39, 0.29) is 5.91 Å². The summed E-state index contributed by atoms with van der Waals surface area (Å²) < 4.78 is 11.5. The van der Waals surface area contributed by atoms with Gasteiger partial charge in [0.05, 0.1) is 0 Å². The second-order valence-corrected chi connectivity index (χ2v) is 6.49. The molecule has 0 N–H and O–H groups in total. The van der Waals surface area contributed by atoms with Gasteiger partial charge in [-0.2, -0.15) is 0 Å². The van der Waals surface area contributed by atoms with Crippen LogP contribution in [-0.4, -0.2) is 37.1 Å². The summed E-state index contributed by atoms with van der Waals surface area (Å²) in [4.78, 5) is 14.2. The highest BCUT2D eigenvalue weighted by Gasteiger charge is 2.19. The molecule has 4 nitrogen and oxygen atoms in total. The van der Waals surface area contributed by atoms with Crippen molar-refractivity contribution in [3.63, 3.8) is 0 Å². The molecule has 4 heteroatoms. The van der Waals surface area contributed by atoms with Crippen LogP contribution in [0.5, 0.6) is 11.5 Å². The van der Waals surface area contributed by atoms with Crippen LogP contribution in [0.2, 0.25) is 0 Å². The quantitative estimate of drug-likeness (QED) is 0.747. The minimum atomic E-state index is 0.113. The van der Waals surface area contributed by atoms with Gasteiger partial charge in [-0.15, -0.1) is 0 Å². The van der Waals surface area contributed by atoms with Crippen molar-refractivity contribution in [3.8, 4) is 11.5 Å². The Bertz CT molecular complexity index is 718. The summed E-state index contributed by atoms with van der Waals surface area (Å²) in [5.74, 6) is 1.76. The molecule has 0 unspecified atom stereocenters. The monoisotopic (exact) mass is 339 g/mol. The van der Waals surface area contributed by atoms with Gasteiger partial charge in [-0.1, -0.05) is 12.1 Å². The number of carbonyl (C=O) groups is 1. The SMILES string of the molecule is Cc1ccc(C)c(OCCOc2ccc(C(=O)N3CCCC3)cc2)c1. The van der Waals surface area contributed by atoms with Crippen molar-refractivity contribution in [2.24, 2.45) is 0 Å². The molecule has 132 valence electrons. The average Bonchev–Trinajstić information content (AvgIpc) is 3.16. The molecule has 1 aliphatic heterocycles. The molecule has 25 heavy (non-hydrogen) atoms. The smallest absolute Gasteiger partial charge is 0.253 e. The van der Waals surface area contributed by atoms with Gasteiger partial charge in [0.25, 0.3) is 5.91 Å². The highest BCUT2D eigenvalue weighted by atomic mass is 16.5. The molecule has 0 saturated carbocycles. The highest BCUT2D eigenvalue weighted by Crippen LogP contribution is 2.19. The first-order valence-electron chi connectivity index (χ1n) is 8.86. The lowest BCUT2D eigenvalue weighted by Gasteiger charge is -2.15. The number of likely N-dealkylation sites (tertiary alicyclic amines) is 1. The third-order valence-corrected chi connectivity index (χ3v) is 4.45. The van der Waals surface area contributed by atoms with E-state index in [0.717, 1.165) is 48.6 Å². The molecule has 3 rings (SSSR count). The molecule has 0 spiro atoms. The minimum Gasteiger partial charge on any atom is -0.490 e. The molecule has 0 bridgehead atoms. The van der Waals surface area contributed by atoms with Crippen LogP contribution in [0, 0.1) is 13.8 Å². The number of nitrogens with zero attached hydrogens (tertiary/aromatic N) is 1. The zero-order valence-electron chi connectivity index (χ0n) is 15.0. The van der Waals surface area contributed by atoms with Gasteiger partial charge in [0.2, 0.25) is 0 Å². The summed E-state index contributed by atoms with van der Waals surface area (Å²) in [7, 11) is 0. The van der Waals surface area contributed by atoms with E-state index >= 15 is 0 Å². The number of hydrogen-bond acceptors (Lipinski definition) is 3. The van der Waals surface area contributed by atoms with Crippen molar-refractivity contribution in [2.75, 3.05) is 26.3 Å². The van der Waals surface area contributed by atoms with Crippen LogP contribution >= 0.6 is 0 Å². The predicted molar refractivity (Wildman–Crippen MR) is 98.5 cm³/mol. The molecule has 1 amide bonds. The van der Waals surface area contributed by atoms with Crippen molar-refractivity contribution in [1.29, 1.82) is 0 Å². The number of aryl methyl sites for hydroxylation is 2. The van der Waals surface area contributed by atoms with Crippen LogP contribution in [0.4, 0.5) is 0 Å². The van der Waals surface area contributed by atoms with Crippen molar-refractivity contribution >= 4 is 5.91 Å². The summed E-state index contributed by atoms with van der Waals surface area (Å²) in [6.45, 7) is 6.77. The van der Waals surface area contributed by atoms with Gasteiger partial charge in [-0.25, -0.2) is 0 Å². The molecule has 1 fully saturated rings. The van der Waals surface area contributed by atoms with Crippen LogP contribution in [0.3, 0.4) is 0 Å². The first kappa shape index (κ1) is 17.3. The van der Waals surface area contributed by atoms with E-state index in [1.54, 1.807) is 0 Å². The molecular formula is C21H25NO3. The molecule has 0 aliphatic carbocycles. The Balaban J connectivity index is 1.47. The van der Waals surface area contributed by atoms with E-state index < -0.39 is 0 Å². The second kappa shape index (κ2) is 8.06. The Morgan fingerprint density at radius 1 is 0.960 bits per heavy atom. The maximum absolute atomic E-state index is 12.3. The maximum atomic E-state index is 12.3. The largest absolute Gasteiger partial charge is 0.490 e. The topological polar surface area (TPSA) is 38.8 Å². The number of rotatable bonds is 6. The zero-order chi connectivity index (χ0) is 17.6. The van der Waals surface area contributed by atoms with Gasteiger partial charge in [0, 0.05) is 18.7 Å². The fourth-order valence-corrected chi connectivity index (χ4v) is 2.97. The van der Waals surface area contributed by atoms with E-state index in [0.29, 0.717) is 13.2 Å². The van der Waals surface area contributed by atoms with Crippen LogP contribution < -0.4 is 9.47 Å². The molecule has 1 heterocycles.